The van der Waals surface area contributed by atoms with Gasteiger partial charge in [-0.25, -0.2) is 8.78 Å². The van der Waals surface area contributed by atoms with Gasteiger partial charge < -0.3 is 0 Å². The third-order valence-electron chi connectivity index (χ3n) is 4.61. The Hall–Kier alpha value is -2.59. The molecule has 0 radical (unpaired) electrons. The summed E-state index contributed by atoms with van der Waals surface area (Å²) in [7, 11) is 0. The Morgan fingerprint density at radius 1 is 0.816 bits per heavy atom. The predicted molar refractivity (Wildman–Crippen MR) is 111 cm³/mol. The summed E-state index contributed by atoms with van der Waals surface area (Å²) in [5.41, 5.74) is -9.42. The quantitative estimate of drug-likeness (QED) is 0.133. The van der Waals surface area contributed by atoms with E-state index in [0.29, 0.717) is 12.1 Å². The molecule has 1 rings (SSSR count). The summed E-state index contributed by atoms with van der Waals surface area (Å²) in [6.07, 6.45) is -2.37. The molecular formula is C21H14F15NS. The van der Waals surface area contributed by atoms with Gasteiger partial charge in [0.05, 0.1) is 5.88 Å². The topological polar surface area (TPSA) is 12.4 Å². The number of rotatable bonds is 12. The monoisotopic (exact) mass is 597 g/mol. The van der Waals surface area contributed by atoms with E-state index in [1.54, 1.807) is 0 Å². The zero-order valence-corrected chi connectivity index (χ0v) is 19.1. The number of allylic oxidation sites excluding steroid dienone is 4. The number of thioether (sulfide) groups is 1. The molecule has 17 heteroatoms. The van der Waals surface area contributed by atoms with Crippen molar-refractivity contribution in [2.24, 2.45) is 4.99 Å². The van der Waals surface area contributed by atoms with Crippen LogP contribution < -0.4 is 0 Å². The van der Waals surface area contributed by atoms with Gasteiger partial charge in [-0.3, -0.25) is 4.99 Å². The molecule has 0 aliphatic heterocycles. The Labute approximate surface area is 208 Å². The van der Waals surface area contributed by atoms with Crippen molar-refractivity contribution in [2.45, 2.75) is 41.5 Å². The Morgan fingerprint density at radius 2 is 1.34 bits per heavy atom. The van der Waals surface area contributed by atoms with E-state index in [1.165, 1.54) is 0 Å². The Morgan fingerprint density at radius 3 is 1.79 bits per heavy atom. The molecule has 38 heavy (non-hydrogen) atoms. The summed E-state index contributed by atoms with van der Waals surface area (Å²) >= 11 is -1.23. The molecule has 0 saturated carbocycles. The van der Waals surface area contributed by atoms with Crippen LogP contribution in [0.15, 0.2) is 60.6 Å². The summed E-state index contributed by atoms with van der Waals surface area (Å²) in [5, 5.41) is 0. The van der Waals surface area contributed by atoms with Crippen LogP contribution in [0.4, 0.5) is 65.9 Å². The van der Waals surface area contributed by atoms with Crippen molar-refractivity contribution in [1.82, 2.24) is 0 Å². The molecule has 0 atom stereocenters. The zero-order valence-electron chi connectivity index (χ0n) is 18.3. The van der Waals surface area contributed by atoms with Gasteiger partial charge in [0.15, 0.2) is 0 Å². The van der Waals surface area contributed by atoms with E-state index in [4.69, 9.17) is 0 Å². The fourth-order valence-corrected chi connectivity index (χ4v) is 3.03. The van der Waals surface area contributed by atoms with Crippen LogP contribution in [0.1, 0.15) is 11.1 Å². The third kappa shape index (κ3) is 6.17. The highest BCUT2D eigenvalue weighted by molar-refractivity contribution is 8.00. The summed E-state index contributed by atoms with van der Waals surface area (Å²) < 4.78 is 202. The maximum Gasteiger partial charge on any atom is 0.443 e. The van der Waals surface area contributed by atoms with E-state index >= 15 is 0 Å². The van der Waals surface area contributed by atoms with Crippen molar-refractivity contribution in [2.75, 3.05) is 5.88 Å². The van der Waals surface area contributed by atoms with Gasteiger partial charge in [0, 0.05) is 5.56 Å². The average molecular weight is 597 g/mol. The highest BCUT2D eigenvalue weighted by atomic mass is 32.2. The fourth-order valence-electron chi connectivity index (χ4n) is 2.69. The van der Waals surface area contributed by atoms with Crippen LogP contribution in [0.3, 0.4) is 0 Å². The second-order valence-corrected chi connectivity index (χ2v) is 8.10. The SMILES string of the molecule is C=C/C=C(\C=C)c1cccc(C(=NCSC(F)(F)F)C(F)(F)C(F)(F)C(F)(F)C(F)(F)C(F)(F)C(F)F)c1. The van der Waals surface area contributed by atoms with Crippen molar-refractivity contribution in [1.29, 1.82) is 0 Å². The van der Waals surface area contributed by atoms with Crippen LogP contribution in [-0.2, 0) is 0 Å². The largest absolute Gasteiger partial charge is 0.443 e. The number of nitrogens with zero attached hydrogens (tertiary/aromatic N) is 1. The number of alkyl halides is 15. The number of halogens is 15. The summed E-state index contributed by atoms with van der Waals surface area (Å²) in [5.74, 6) is -39.1. The van der Waals surface area contributed by atoms with E-state index in [0.717, 1.165) is 30.4 Å². The lowest BCUT2D eigenvalue weighted by molar-refractivity contribution is -0.404. The molecule has 0 unspecified atom stereocenters. The molecular weight excluding hydrogens is 583 g/mol. The Bertz CT molecular complexity index is 1070. The minimum atomic E-state index is -7.88. The lowest BCUT2D eigenvalue weighted by Gasteiger charge is -2.39. The molecule has 214 valence electrons. The molecule has 0 heterocycles. The van der Waals surface area contributed by atoms with E-state index in [1.807, 2.05) is 0 Å². The molecule has 0 fully saturated rings. The molecule has 0 saturated heterocycles. The van der Waals surface area contributed by atoms with Crippen molar-refractivity contribution in [3.63, 3.8) is 0 Å². The van der Waals surface area contributed by atoms with Crippen LogP contribution in [0.2, 0.25) is 0 Å². The maximum atomic E-state index is 14.9. The van der Waals surface area contributed by atoms with Gasteiger partial charge in [-0.1, -0.05) is 49.6 Å². The van der Waals surface area contributed by atoms with Crippen LogP contribution in [-0.4, -0.2) is 53.1 Å². The normalized spacial score (nSPS) is 15.2. The summed E-state index contributed by atoms with van der Waals surface area (Å²) in [4.78, 5) is 2.53. The van der Waals surface area contributed by atoms with Crippen molar-refractivity contribution < 1.29 is 65.9 Å². The highest BCUT2D eigenvalue weighted by Gasteiger charge is 2.88. The molecule has 0 aliphatic carbocycles. The first-order chi connectivity index (χ1) is 17.0. The van der Waals surface area contributed by atoms with Crippen molar-refractivity contribution in [3.05, 3.63) is 66.8 Å². The lowest BCUT2D eigenvalue weighted by Crippen LogP contribution is -2.70. The molecule has 0 N–H and O–H groups in total. The minimum absolute atomic E-state index is 0.00869. The molecule has 0 spiro atoms. The van der Waals surface area contributed by atoms with E-state index in [2.05, 4.69) is 18.2 Å². The van der Waals surface area contributed by atoms with E-state index in [-0.39, 0.29) is 11.1 Å². The van der Waals surface area contributed by atoms with Crippen LogP contribution in [0.25, 0.3) is 5.57 Å². The van der Waals surface area contributed by atoms with Gasteiger partial charge in [-0.05, 0) is 29.0 Å². The van der Waals surface area contributed by atoms with Crippen LogP contribution in [0, 0.1) is 0 Å². The summed E-state index contributed by atoms with van der Waals surface area (Å²) in [6, 6.07) is 2.81. The van der Waals surface area contributed by atoms with Gasteiger partial charge in [-0.15, -0.1) is 0 Å². The van der Waals surface area contributed by atoms with E-state index < -0.39 is 70.5 Å². The molecule has 0 amide bonds. The average Bonchev–Trinajstić information content (AvgIpc) is 2.78. The second kappa shape index (κ2) is 11.3. The smallest absolute Gasteiger partial charge is 0.271 e. The highest BCUT2D eigenvalue weighted by Crippen LogP contribution is 2.58. The first-order valence-corrected chi connectivity index (χ1v) is 10.5. The van der Waals surface area contributed by atoms with Crippen molar-refractivity contribution in [3.8, 4) is 0 Å². The van der Waals surface area contributed by atoms with Gasteiger partial charge in [-0.2, -0.15) is 57.1 Å². The molecule has 1 aromatic carbocycles. The zero-order chi connectivity index (χ0) is 30.0. The second-order valence-electron chi connectivity index (χ2n) is 7.09. The Kier molecular flexibility index (Phi) is 9.91. The van der Waals surface area contributed by atoms with E-state index in [9.17, 15) is 65.9 Å². The minimum Gasteiger partial charge on any atom is -0.271 e. The molecule has 0 aromatic heterocycles. The van der Waals surface area contributed by atoms with Gasteiger partial charge in [0.1, 0.15) is 5.71 Å². The van der Waals surface area contributed by atoms with Gasteiger partial charge in [0.2, 0.25) is 0 Å². The Balaban J connectivity index is 3.89. The predicted octanol–water partition coefficient (Wildman–Crippen LogP) is 8.88. The maximum absolute atomic E-state index is 14.9. The first kappa shape index (κ1) is 33.4. The number of hydrogen-bond acceptors (Lipinski definition) is 2. The third-order valence-corrected chi connectivity index (χ3v) is 5.20. The molecule has 0 bridgehead atoms. The molecule has 1 aromatic rings. The summed E-state index contributed by atoms with van der Waals surface area (Å²) in [6.45, 7) is 6.64. The first-order valence-electron chi connectivity index (χ1n) is 9.51. The number of hydrogen-bond donors (Lipinski definition) is 0. The van der Waals surface area contributed by atoms with Crippen molar-refractivity contribution >= 4 is 23.0 Å². The molecule has 0 aliphatic rings. The number of aliphatic imine (C=N–C) groups is 1. The lowest BCUT2D eigenvalue weighted by atomic mass is 9.89. The van der Waals surface area contributed by atoms with Gasteiger partial charge in [0.25, 0.3) is 0 Å². The van der Waals surface area contributed by atoms with Crippen LogP contribution in [0.5, 0.6) is 0 Å². The van der Waals surface area contributed by atoms with Gasteiger partial charge >= 0.3 is 41.5 Å². The standard InChI is InChI=1S/C21H14F15NS/c1-3-6-11(4-2)12-7-5-8-13(9-12)14(37-10-38-21(34,35)36)16(24,25)18(28,29)20(32,33)19(30,31)17(26,27)15(22)23/h3-9,15H,1-2,10H2/b11-6+,37-14?. The number of benzene rings is 1. The van der Waals surface area contributed by atoms with Crippen LogP contribution >= 0.6 is 11.8 Å². The molecule has 1 nitrogen and oxygen atoms in total. The fraction of sp³-hybridized carbons (Fsp3) is 0.381.